The van der Waals surface area contributed by atoms with Crippen molar-refractivity contribution in [2.24, 2.45) is 0 Å². The van der Waals surface area contributed by atoms with Crippen LogP contribution in [-0.4, -0.2) is 58.7 Å². The Hall–Kier alpha value is -0.470. The molecule has 1 rings (SSSR count). The lowest BCUT2D eigenvalue weighted by atomic mass is 10.1. The maximum atomic E-state index is 11.5. The summed E-state index contributed by atoms with van der Waals surface area (Å²) in [5, 5.41) is 2.95. The molecule has 1 aliphatic rings. The molecule has 0 radical (unpaired) electrons. The normalized spacial score (nSPS) is 24.4. The Kier molecular flexibility index (Phi) is 4.68. The molecular weight excluding hydrogens is 266 g/mol. The molecule has 0 aliphatic carbocycles. The first-order valence-corrected chi connectivity index (χ1v) is 9.19. The highest BCUT2D eigenvalue weighted by atomic mass is 32.2. The molecule has 100 valence electrons. The van der Waals surface area contributed by atoms with Gasteiger partial charge in [-0.3, -0.25) is 4.79 Å². The summed E-state index contributed by atoms with van der Waals surface area (Å²) in [6.07, 6.45) is 1.11. The van der Waals surface area contributed by atoms with Gasteiger partial charge in [-0.2, -0.15) is 0 Å². The van der Waals surface area contributed by atoms with Crippen molar-refractivity contribution >= 4 is 25.5 Å². The molecule has 8 heteroatoms. The van der Waals surface area contributed by atoms with E-state index in [0.717, 1.165) is 6.26 Å². The molecule has 0 aromatic rings. The summed E-state index contributed by atoms with van der Waals surface area (Å²) in [7, 11) is -6.20. The fourth-order valence-corrected chi connectivity index (χ4v) is 3.72. The summed E-state index contributed by atoms with van der Waals surface area (Å²) in [6.45, 7) is 0.354. The van der Waals surface area contributed by atoms with Crippen LogP contribution in [0.1, 0.15) is 12.8 Å². The highest BCUT2D eigenvalue weighted by molar-refractivity contribution is 7.91. The van der Waals surface area contributed by atoms with Crippen LogP contribution in [0, 0.1) is 0 Å². The molecule has 1 N–H and O–H groups in total. The number of Topliss-reactive ketones (excluding diaryl/α,β-unsaturated/α-hetero) is 1. The Labute approximate surface area is 102 Å². The van der Waals surface area contributed by atoms with Gasteiger partial charge in [0.05, 0.1) is 17.3 Å². The SMILES string of the molecule is CS(=O)(=O)CCC(=O)CC1CS(=O)(=O)CCN1. The maximum Gasteiger partial charge on any atom is 0.153 e. The van der Waals surface area contributed by atoms with Crippen molar-refractivity contribution in [3.05, 3.63) is 0 Å². The first-order chi connectivity index (χ1) is 7.68. The van der Waals surface area contributed by atoms with E-state index in [2.05, 4.69) is 5.32 Å². The van der Waals surface area contributed by atoms with E-state index in [1.807, 2.05) is 0 Å². The molecule has 6 nitrogen and oxygen atoms in total. The van der Waals surface area contributed by atoms with Crippen molar-refractivity contribution in [2.45, 2.75) is 18.9 Å². The number of hydrogen-bond donors (Lipinski definition) is 1. The second-order valence-electron chi connectivity index (χ2n) is 4.39. The van der Waals surface area contributed by atoms with E-state index in [0.29, 0.717) is 6.54 Å². The van der Waals surface area contributed by atoms with Crippen LogP contribution >= 0.6 is 0 Å². The van der Waals surface area contributed by atoms with Gasteiger partial charge in [0.1, 0.15) is 15.6 Å². The Bertz CT molecular complexity index is 480. The van der Waals surface area contributed by atoms with Gasteiger partial charge in [-0.05, 0) is 0 Å². The van der Waals surface area contributed by atoms with E-state index < -0.39 is 19.7 Å². The molecule has 1 saturated heterocycles. The van der Waals surface area contributed by atoms with Gasteiger partial charge in [0, 0.05) is 31.7 Å². The number of rotatable bonds is 5. The van der Waals surface area contributed by atoms with E-state index in [-0.39, 0.29) is 41.9 Å². The third-order valence-corrected chi connectivity index (χ3v) is 5.21. The van der Waals surface area contributed by atoms with Gasteiger partial charge in [-0.1, -0.05) is 0 Å². The van der Waals surface area contributed by atoms with Crippen LogP contribution in [0.3, 0.4) is 0 Å². The maximum absolute atomic E-state index is 11.5. The summed E-state index contributed by atoms with van der Waals surface area (Å²) in [4.78, 5) is 11.5. The van der Waals surface area contributed by atoms with Crippen molar-refractivity contribution in [3.8, 4) is 0 Å². The van der Waals surface area contributed by atoms with Gasteiger partial charge in [0.2, 0.25) is 0 Å². The summed E-state index contributed by atoms with van der Waals surface area (Å²) in [5.41, 5.74) is 0. The summed E-state index contributed by atoms with van der Waals surface area (Å²) in [5.74, 6) is -0.339. The van der Waals surface area contributed by atoms with E-state index in [9.17, 15) is 21.6 Å². The predicted octanol–water partition coefficient (Wildman–Crippen LogP) is -1.23. The number of carbonyl (C=O) groups excluding carboxylic acids is 1. The summed E-state index contributed by atoms with van der Waals surface area (Å²) in [6, 6.07) is -0.374. The van der Waals surface area contributed by atoms with Crippen LogP contribution in [0.15, 0.2) is 0 Å². The first-order valence-electron chi connectivity index (χ1n) is 5.31. The van der Waals surface area contributed by atoms with E-state index in [1.165, 1.54) is 0 Å². The quantitative estimate of drug-likeness (QED) is 0.678. The molecule has 17 heavy (non-hydrogen) atoms. The van der Waals surface area contributed by atoms with E-state index >= 15 is 0 Å². The van der Waals surface area contributed by atoms with Crippen LogP contribution in [0.25, 0.3) is 0 Å². The third kappa shape index (κ3) is 6.13. The highest BCUT2D eigenvalue weighted by Gasteiger charge is 2.25. The zero-order chi connectivity index (χ0) is 13.1. The molecule has 1 unspecified atom stereocenters. The zero-order valence-electron chi connectivity index (χ0n) is 9.68. The number of sulfone groups is 2. The molecule has 1 aliphatic heterocycles. The van der Waals surface area contributed by atoms with Crippen molar-refractivity contribution in [3.63, 3.8) is 0 Å². The summed E-state index contributed by atoms with van der Waals surface area (Å²) < 4.78 is 44.4. The molecule has 0 aromatic carbocycles. The standard InChI is InChI=1S/C9H17NO5S2/c1-16(12,13)4-2-9(11)6-8-7-17(14,15)5-3-10-8/h8,10H,2-7H2,1H3. The number of hydrogen-bond acceptors (Lipinski definition) is 6. The molecule has 0 spiro atoms. The van der Waals surface area contributed by atoms with Gasteiger partial charge < -0.3 is 5.32 Å². The smallest absolute Gasteiger partial charge is 0.153 e. The minimum absolute atomic E-state index is 0.0440. The average molecular weight is 283 g/mol. The van der Waals surface area contributed by atoms with Crippen molar-refractivity contribution in [2.75, 3.05) is 30.1 Å². The second kappa shape index (κ2) is 5.45. The number of nitrogens with one attached hydrogen (secondary N) is 1. The molecule has 0 amide bonds. The molecule has 1 atom stereocenters. The van der Waals surface area contributed by atoms with Crippen LogP contribution in [0.5, 0.6) is 0 Å². The third-order valence-electron chi connectivity index (χ3n) is 2.53. The molecule has 0 aromatic heterocycles. The molecule has 1 fully saturated rings. The Morgan fingerprint density at radius 2 is 2.06 bits per heavy atom. The van der Waals surface area contributed by atoms with Crippen molar-refractivity contribution < 1.29 is 21.6 Å². The number of carbonyl (C=O) groups is 1. The lowest BCUT2D eigenvalue weighted by Crippen LogP contribution is -2.46. The Morgan fingerprint density at radius 3 is 2.59 bits per heavy atom. The second-order valence-corrected chi connectivity index (χ2v) is 8.88. The highest BCUT2D eigenvalue weighted by Crippen LogP contribution is 2.07. The minimum Gasteiger partial charge on any atom is -0.312 e. The lowest BCUT2D eigenvalue weighted by molar-refractivity contribution is -0.119. The number of ketones is 1. The van der Waals surface area contributed by atoms with Gasteiger partial charge in [-0.15, -0.1) is 0 Å². The van der Waals surface area contributed by atoms with Gasteiger partial charge >= 0.3 is 0 Å². The van der Waals surface area contributed by atoms with E-state index in [1.54, 1.807) is 0 Å². The topological polar surface area (TPSA) is 97.4 Å². The minimum atomic E-state index is -3.14. The van der Waals surface area contributed by atoms with Gasteiger partial charge in [0.25, 0.3) is 0 Å². The molecule has 0 saturated carbocycles. The average Bonchev–Trinajstić information content (AvgIpc) is 2.12. The first kappa shape index (κ1) is 14.6. The van der Waals surface area contributed by atoms with Gasteiger partial charge in [0.15, 0.2) is 9.84 Å². The van der Waals surface area contributed by atoms with Crippen LogP contribution in [0.4, 0.5) is 0 Å². The largest absolute Gasteiger partial charge is 0.312 e. The van der Waals surface area contributed by atoms with Crippen LogP contribution < -0.4 is 5.32 Å². The predicted molar refractivity (Wildman–Crippen MR) is 64.4 cm³/mol. The van der Waals surface area contributed by atoms with Crippen molar-refractivity contribution in [1.82, 2.24) is 5.32 Å². The van der Waals surface area contributed by atoms with Gasteiger partial charge in [-0.25, -0.2) is 16.8 Å². The zero-order valence-corrected chi connectivity index (χ0v) is 11.3. The fourth-order valence-electron chi connectivity index (χ4n) is 1.67. The van der Waals surface area contributed by atoms with Crippen LogP contribution in [-0.2, 0) is 24.5 Å². The molecular formula is C9H17NO5S2. The summed E-state index contributed by atoms with van der Waals surface area (Å²) >= 11 is 0. The molecule has 1 heterocycles. The van der Waals surface area contributed by atoms with Crippen molar-refractivity contribution in [1.29, 1.82) is 0 Å². The fraction of sp³-hybridized carbons (Fsp3) is 0.889. The van der Waals surface area contributed by atoms with Crippen LogP contribution in [0.2, 0.25) is 0 Å². The monoisotopic (exact) mass is 283 g/mol. The Morgan fingerprint density at radius 1 is 1.41 bits per heavy atom. The van der Waals surface area contributed by atoms with E-state index in [4.69, 9.17) is 0 Å². The Balaban J connectivity index is 2.41. The molecule has 0 bridgehead atoms. The lowest BCUT2D eigenvalue weighted by Gasteiger charge is -2.22.